The summed E-state index contributed by atoms with van der Waals surface area (Å²) in [5.41, 5.74) is 2.03. The Bertz CT molecular complexity index is 1320. The summed E-state index contributed by atoms with van der Waals surface area (Å²) in [7, 11) is 0. The van der Waals surface area contributed by atoms with Crippen LogP contribution in [0.4, 0.5) is 32.9 Å². The molecular weight excluding hydrogens is 524 g/mol. The molecule has 3 aromatic rings. The second-order valence-corrected chi connectivity index (χ2v) is 10.2. The van der Waals surface area contributed by atoms with Gasteiger partial charge in [-0.05, 0) is 56.7 Å². The number of anilines is 4. The van der Waals surface area contributed by atoms with Crippen LogP contribution in [0.15, 0.2) is 48.8 Å². The van der Waals surface area contributed by atoms with Crippen molar-refractivity contribution < 1.29 is 14.3 Å². The number of hydrogen-bond donors (Lipinski definition) is 3. The fourth-order valence-corrected chi connectivity index (χ4v) is 4.62. The molecule has 0 atom stereocenters. The summed E-state index contributed by atoms with van der Waals surface area (Å²) in [5, 5.41) is 8.56. The van der Waals surface area contributed by atoms with Gasteiger partial charge in [0.25, 0.3) is 0 Å². The summed E-state index contributed by atoms with van der Waals surface area (Å²) in [5.74, 6) is 1.73. The van der Waals surface area contributed by atoms with E-state index < -0.39 is 0 Å². The Morgan fingerprint density at radius 2 is 1.54 bits per heavy atom. The molecule has 0 bridgehead atoms. The van der Waals surface area contributed by atoms with Crippen molar-refractivity contribution in [2.24, 2.45) is 0 Å². The van der Waals surface area contributed by atoms with Crippen molar-refractivity contribution in [1.82, 2.24) is 30.2 Å². The SMILES string of the molecule is CC(C)NC(=O)N1CCCN(c2nc(-c3ccc(NC(=O)Nc4cccnc4)cc3)nc(N3CCOCC3)n2)CC1. The largest absolute Gasteiger partial charge is 0.378 e. The average molecular weight is 561 g/mol. The molecule has 216 valence electrons. The summed E-state index contributed by atoms with van der Waals surface area (Å²) < 4.78 is 5.53. The molecule has 13 nitrogen and oxygen atoms in total. The molecule has 2 saturated heterocycles. The van der Waals surface area contributed by atoms with Crippen LogP contribution in [0, 0.1) is 0 Å². The van der Waals surface area contributed by atoms with Crippen LogP contribution in [-0.2, 0) is 4.74 Å². The summed E-state index contributed by atoms with van der Waals surface area (Å²) in [4.78, 5) is 49.6. The van der Waals surface area contributed by atoms with Crippen LogP contribution in [0.3, 0.4) is 0 Å². The fourth-order valence-electron chi connectivity index (χ4n) is 4.62. The molecule has 0 aliphatic carbocycles. The number of aromatic nitrogens is 4. The van der Waals surface area contributed by atoms with Crippen LogP contribution < -0.4 is 25.8 Å². The predicted molar refractivity (Wildman–Crippen MR) is 157 cm³/mol. The molecule has 0 radical (unpaired) electrons. The van der Waals surface area contributed by atoms with Gasteiger partial charge in [0, 0.05) is 62.8 Å². The Hall–Kier alpha value is -4.52. The summed E-state index contributed by atoms with van der Waals surface area (Å²) >= 11 is 0. The number of rotatable bonds is 6. The molecule has 2 aromatic heterocycles. The van der Waals surface area contributed by atoms with E-state index in [-0.39, 0.29) is 18.1 Å². The zero-order chi connectivity index (χ0) is 28.6. The van der Waals surface area contributed by atoms with Crippen LogP contribution in [0.5, 0.6) is 0 Å². The van der Waals surface area contributed by atoms with E-state index in [9.17, 15) is 9.59 Å². The number of benzene rings is 1. The lowest BCUT2D eigenvalue weighted by Gasteiger charge is -2.28. The molecule has 4 heterocycles. The van der Waals surface area contributed by atoms with Gasteiger partial charge in [0.15, 0.2) is 5.82 Å². The minimum absolute atomic E-state index is 0.0463. The lowest BCUT2D eigenvalue weighted by atomic mass is 10.2. The molecule has 1 aromatic carbocycles. The normalized spacial score (nSPS) is 15.8. The first-order chi connectivity index (χ1) is 19.9. The number of urea groups is 2. The number of amides is 4. The Morgan fingerprint density at radius 3 is 2.22 bits per heavy atom. The van der Waals surface area contributed by atoms with Crippen LogP contribution in [0.1, 0.15) is 20.3 Å². The molecule has 3 N–H and O–H groups in total. The molecule has 0 unspecified atom stereocenters. The summed E-state index contributed by atoms with van der Waals surface area (Å²) in [6, 6.07) is 10.6. The second kappa shape index (κ2) is 13.2. The quantitative estimate of drug-likeness (QED) is 0.415. The van der Waals surface area contributed by atoms with Crippen LogP contribution in [0.2, 0.25) is 0 Å². The summed E-state index contributed by atoms with van der Waals surface area (Å²) in [6.07, 6.45) is 4.03. The Morgan fingerprint density at radius 1 is 0.829 bits per heavy atom. The van der Waals surface area contributed by atoms with E-state index in [0.29, 0.717) is 75.0 Å². The van der Waals surface area contributed by atoms with Gasteiger partial charge in [-0.3, -0.25) is 4.98 Å². The molecule has 0 spiro atoms. The Labute approximate surface area is 239 Å². The lowest BCUT2D eigenvalue weighted by molar-refractivity contribution is 0.122. The summed E-state index contributed by atoms with van der Waals surface area (Å²) in [6.45, 7) is 9.13. The first-order valence-corrected chi connectivity index (χ1v) is 13.9. The lowest BCUT2D eigenvalue weighted by Crippen LogP contribution is -2.44. The van der Waals surface area contributed by atoms with Gasteiger partial charge in [-0.1, -0.05) is 0 Å². The zero-order valence-corrected chi connectivity index (χ0v) is 23.4. The van der Waals surface area contributed by atoms with Crippen LogP contribution >= 0.6 is 0 Å². The average Bonchev–Trinajstić information content (AvgIpc) is 3.25. The maximum atomic E-state index is 12.6. The number of carbonyl (C=O) groups excluding carboxylic acids is 2. The number of ether oxygens (including phenoxy) is 1. The van der Waals surface area contributed by atoms with Gasteiger partial charge in [-0.25, -0.2) is 9.59 Å². The van der Waals surface area contributed by atoms with Crippen molar-refractivity contribution in [3.05, 3.63) is 48.8 Å². The van der Waals surface area contributed by atoms with E-state index in [2.05, 4.69) is 30.7 Å². The van der Waals surface area contributed by atoms with Gasteiger partial charge in [0.1, 0.15) is 0 Å². The standard InChI is InChI=1S/C28H36N10O3/c1-20(2)30-28(40)38-12-4-11-36(13-14-38)25-33-24(34-26(35-25)37-15-17-41-18-16-37)21-6-8-22(9-7-21)31-27(39)32-23-5-3-10-29-19-23/h3,5-10,19-20H,4,11-18H2,1-2H3,(H,30,40)(H2,31,32,39). The second-order valence-electron chi connectivity index (χ2n) is 10.2. The third-order valence-corrected chi connectivity index (χ3v) is 6.70. The first kappa shape index (κ1) is 28.0. The highest BCUT2D eigenvalue weighted by molar-refractivity contribution is 5.99. The number of carbonyl (C=O) groups is 2. The Balaban J connectivity index is 1.34. The molecule has 2 aliphatic rings. The smallest absolute Gasteiger partial charge is 0.323 e. The number of morpholine rings is 1. The number of nitrogens with zero attached hydrogens (tertiary/aromatic N) is 7. The van der Waals surface area contributed by atoms with Gasteiger partial charge in [-0.15, -0.1) is 0 Å². The van der Waals surface area contributed by atoms with Crippen molar-refractivity contribution in [3.8, 4) is 11.4 Å². The molecule has 2 fully saturated rings. The highest BCUT2D eigenvalue weighted by Crippen LogP contribution is 2.24. The third-order valence-electron chi connectivity index (χ3n) is 6.70. The maximum absolute atomic E-state index is 12.6. The third kappa shape index (κ3) is 7.57. The first-order valence-electron chi connectivity index (χ1n) is 13.9. The minimum atomic E-state index is -0.361. The van der Waals surface area contributed by atoms with E-state index in [1.807, 2.05) is 43.0 Å². The molecule has 13 heteroatoms. The number of hydrogen-bond acceptors (Lipinski definition) is 9. The molecule has 2 aliphatic heterocycles. The van der Waals surface area contributed by atoms with Crippen LogP contribution in [-0.4, -0.2) is 95.4 Å². The van der Waals surface area contributed by atoms with Gasteiger partial charge < -0.3 is 35.4 Å². The van der Waals surface area contributed by atoms with Crippen molar-refractivity contribution in [1.29, 1.82) is 0 Å². The fraction of sp³-hybridized carbons (Fsp3) is 0.429. The van der Waals surface area contributed by atoms with E-state index in [4.69, 9.17) is 19.7 Å². The highest BCUT2D eigenvalue weighted by atomic mass is 16.5. The van der Waals surface area contributed by atoms with Gasteiger partial charge >= 0.3 is 12.1 Å². The molecular formula is C28H36N10O3. The zero-order valence-electron chi connectivity index (χ0n) is 23.4. The number of nitrogens with one attached hydrogen (secondary N) is 3. The highest BCUT2D eigenvalue weighted by Gasteiger charge is 2.24. The minimum Gasteiger partial charge on any atom is -0.378 e. The van der Waals surface area contributed by atoms with Crippen molar-refractivity contribution in [2.45, 2.75) is 26.3 Å². The van der Waals surface area contributed by atoms with Crippen LogP contribution in [0.25, 0.3) is 11.4 Å². The maximum Gasteiger partial charge on any atom is 0.323 e. The van der Waals surface area contributed by atoms with E-state index in [1.165, 1.54) is 0 Å². The Kier molecular flexibility index (Phi) is 9.04. The van der Waals surface area contributed by atoms with Crippen molar-refractivity contribution in [2.75, 3.05) is 72.9 Å². The molecule has 5 rings (SSSR count). The van der Waals surface area contributed by atoms with Gasteiger partial charge in [0.2, 0.25) is 11.9 Å². The molecule has 4 amide bonds. The van der Waals surface area contributed by atoms with Crippen molar-refractivity contribution in [3.63, 3.8) is 0 Å². The molecule has 41 heavy (non-hydrogen) atoms. The van der Waals surface area contributed by atoms with E-state index >= 15 is 0 Å². The van der Waals surface area contributed by atoms with E-state index in [1.54, 1.807) is 24.5 Å². The number of pyridine rings is 1. The predicted octanol–water partition coefficient (Wildman–Crippen LogP) is 3.04. The molecule has 0 saturated carbocycles. The van der Waals surface area contributed by atoms with Crippen molar-refractivity contribution >= 4 is 35.3 Å². The van der Waals surface area contributed by atoms with Gasteiger partial charge in [-0.2, -0.15) is 15.0 Å². The van der Waals surface area contributed by atoms with E-state index in [0.717, 1.165) is 18.5 Å². The topological polar surface area (TPSA) is 141 Å². The van der Waals surface area contributed by atoms with Gasteiger partial charge in [0.05, 0.1) is 25.1 Å². The monoisotopic (exact) mass is 560 g/mol.